The lowest BCUT2D eigenvalue weighted by Gasteiger charge is -2.50. The number of nitrogens with one attached hydrogen (secondary N) is 1. The van der Waals surface area contributed by atoms with Crippen molar-refractivity contribution in [1.29, 1.82) is 0 Å². The van der Waals surface area contributed by atoms with Crippen LogP contribution in [-0.2, 0) is 4.79 Å². The first-order chi connectivity index (χ1) is 15.0. The Kier molecular flexibility index (Phi) is 6.31. The van der Waals surface area contributed by atoms with Crippen molar-refractivity contribution >= 4 is 39.1 Å². The van der Waals surface area contributed by atoms with Crippen molar-refractivity contribution in [1.82, 2.24) is 24.9 Å². The number of nitrogens with zero attached hydrogens (tertiary/aromatic N) is 6. The molecule has 4 heterocycles. The molecule has 1 N–H and O–H groups in total. The van der Waals surface area contributed by atoms with Gasteiger partial charge in [0, 0.05) is 29.0 Å². The van der Waals surface area contributed by atoms with Crippen LogP contribution in [0.5, 0.6) is 0 Å². The number of halogens is 1. The molecular formula is C22H26BrN7O. The average molecular weight is 484 g/mol. The van der Waals surface area contributed by atoms with Gasteiger partial charge in [-0.2, -0.15) is 10.2 Å². The zero-order valence-electron chi connectivity index (χ0n) is 17.7. The van der Waals surface area contributed by atoms with E-state index in [1.54, 1.807) is 24.7 Å². The zero-order valence-corrected chi connectivity index (χ0v) is 19.3. The van der Waals surface area contributed by atoms with Crippen LogP contribution >= 0.6 is 15.9 Å². The number of fused-ring (bicyclic) bond motifs is 3. The summed E-state index contributed by atoms with van der Waals surface area (Å²) in [6, 6.07) is 4.13. The molecule has 8 nitrogen and oxygen atoms in total. The van der Waals surface area contributed by atoms with Gasteiger partial charge in [0.15, 0.2) is 5.70 Å². The summed E-state index contributed by atoms with van der Waals surface area (Å²) >= 11 is 3.42. The van der Waals surface area contributed by atoms with Crippen molar-refractivity contribution in [3.63, 3.8) is 0 Å². The monoisotopic (exact) mass is 483 g/mol. The minimum atomic E-state index is -0.113. The predicted octanol–water partition coefficient (Wildman–Crippen LogP) is 3.76. The Labute approximate surface area is 190 Å². The maximum absolute atomic E-state index is 13.8. The molecule has 2 bridgehead atoms. The van der Waals surface area contributed by atoms with Gasteiger partial charge in [-0.25, -0.2) is 4.98 Å². The highest BCUT2D eigenvalue weighted by atomic mass is 79.9. The van der Waals surface area contributed by atoms with Crippen molar-refractivity contribution in [3.05, 3.63) is 53.5 Å². The quantitative estimate of drug-likeness (QED) is 0.383. The number of aliphatic imine (C=N–C) groups is 1. The van der Waals surface area contributed by atoms with E-state index < -0.39 is 0 Å². The van der Waals surface area contributed by atoms with Gasteiger partial charge in [-0.15, -0.1) is 4.80 Å². The first kappa shape index (κ1) is 21.4. The Morgan fingerprint density at radius 1 is 1.29 bits per heavy atom. The summed E-state index contributed by atoms with van der Waals surface area (Å²) in [4.78, 5) is 26.1. The molecule has 3 atom stereocenters. The van der Waals surface area contributed by atoms with Crippen LogP contribution < -0.4 is 5.32 Å². The second-order valence-corrected chi connectivity index (χ2v) is 9.05. The van der Waals surface area contributed by atoms with Gasteiger partial charge < -0.3 is 10.2 Å². The highest BCUT2D eigenvalue weighted by Crippen LogP contribution is 2.37. The Morgan fingerprint density at radius 3 is 2.68 bits per heavy atom. The van der Waals surface area contributed by atoms with Gasteiger partial charge in [0.05, 0.1) is 18.4 Å². The summed E-state index contributed by atoms with van der Waals surface area (Å²) in [5.74, 6) is 1.15. The van der Waals surface area contributed by atoms with Gasteiger partial charge >= 0.3 is 0 Å². The van der Waals surface area contributed by atoms with Crippen LogP contribution in [-0.4, -0.2) is 55.1 Å². The van der Waals surface area contributed by atoms with Gasteiger partial charge in [-0.1, -0.05) is 6.58 Å². The lowest BCUT2D eigenvalue weighted by Crippen LogP contribution is -2.60. The molecule has 0 radical (unpaired) electrons. The number of aromatic nitrogens is 4. The molecule has 0 aromatic carbocycles. The standard InChI is InChI=1S/C22H26BrN7O/c1-4-18(30-25-9-10-26-30)21(27-14(2)3)22(31)29-13-15-5-7-19(29)17(11-15)28-20-8-6-16(23)12-24-20/h4,6,8-10,12,15,17,19H,1,5,7,11,13H2,2-3H3,(H,24,28)/b21-18+. The van der Waals surface area contributed by atoms with Crippen LogP contribution in [0, 0.1) is 5.92 Å². The zero-order chi connectivity index (χ0) is 22.0. The fourth-order valence-corrected chi connectivity index (χ4v) is 4.66. The van der Waals surface area contributed by atoms with E-state index in [1.807, 2.05) is 30.9 Å². The summed E-state index contributed by atoms with van der Waals surface area (Å²) < 4.78 is 0.937. The van der Waals surface area contributed by atoms with E-state index >= 15 is 0 Å². The molecule has 1 aliphatic carbocycles. The van der Waals surface area contributed by atoms with Crippen molar-refractivity contribution < 1.29 is 4.79 Å². The molecule has 162 valence electrons. The predicted molar refractivity (Wildman–Crippen MR) is 124 cm³/mol. The number of hydrogen-bond acceptors (Lipinski definition) is 6. The summed E-state index contributed by atoms with van der Waals surface area (Å²) in [5, 5.41) is 11.9. The Balaban J connectivity index is 1.65. The van der Waals surface area contributed by atoms with Crippen LogP contribution in [0.3, 0.4) is 0 Å². The largest absolute Gasteiger partial charge is 0.365 e. The number of rotatable bonds is 6. The van der Waals surface area contributed by atoms with Crippen molar-refractivity contribution in [2.75, 3.05) is 11.9 Å². The van der Waals surface area contributed by atoms with E-state index in [4.69, 9.17) is 0 Å². The summed E-state index contributed by atoms with van der Waals surface area (Å²) in [5.41, 5.74) is 1.58. The van der Waals surface area contributed by atoms with Crippen LogP contribution in [0.25, 0.3) is 5.70 Å². The minimum Gasteiger partial charge on any atom is -0.365 e. The van der Waals surface area contributed by atoms with Crippen molar-refractivity contribution in [2.45, 2.75) is 45.2 Å². The molecule has 3 unspecified atom stereocenters. The molecule has 0 spiro atoms. The minimum absolute atomic E-state index is 0.0713. The molecule has 5 rings (SSSR count). The lowest BCUT2D eigenvalue weighted by atomic mass is 9.76. The van der Waals surface area contributed by atoms with E-state index in [9.17, 15) is 4.79 Å². The fraction of sp³-hybridized carbons (Fsp3) is 0.409. The number of pyridine rings is 1. The number of anilines is 1. The second-order valence-electron chi connectivity index (χ2n) is 8.13. The molecule has 1 saturated carbocycles. The highest BCUT2D eigenvalue weighted by molar-refractivity contribution is 9.10. The average Bonchev–Trinajstić information content (AvgIpc) is 3.29. The molecule has 2 aromatic heterocycles. The molecule has 31 heavy (non-hydrogen) atoms. The lowest BCUT2D eigenvalue weighted by molar-refractivity contribution is -0.134. The van der Waals surface area contributed by atoms with E-state index in [0.717, 1.165) is 41.8 Å². The molecule has 3 fully saturated rings. The third-order valence-electron chi connectivity index (χ3n) is 5.71. The maximum Gasteiger partial charge on any atom is 0.275 e. The molecule has 2 aliphatic heterocycles. The third-order valence-corrected chi connectivity index (χ3v) is 6.18. The Bertz CT molecular complexity index is 1010. The van der Waals surface area contributed by atoms with Crippen molar-refractivity contribution in [3.8, 4) is 0 Å². The maximum atomic E-state index is 13.8. The summed E-state index contributed by atoms with van der Waals surface area (Å²) in [7, 11) is 0. The van der Waals surface area contributed by atoms with Crippen LogP contribution in [0.1, 0.15) is 33.1 Å². The second kappa shape index (κ2) is 9.13. The number of carbonyl (C=O) groups excluding carboxylic acids is 1. The topological polar surface area (TPSA) is 88.3 Å². The van der Waals surface area contributed by atoms with E-state index in [-0.39, 0.29) is 18.0 Å². The molecule has 2 saturated heterocycles. The third kappa shape index (κ3) is 4.61. The number of allylic oxidation sites excluding steroid dienone is 2. The van der Waals surface area contributed by atoms with Gasteiger partial charge in [0.2, 0.25) is 0 Å². The van der Waals surface area contributed by atoms with Gasteiger partial charge in [-0.3, -0.25) is 9.79 Å². The molecule has 3 aliphatic rings. The molecular weight excluding hydrogens is 458 g/mol. The molecule has 1 amide bonds. The number of hydrogen-bond donors (Lipinski definition) is 1. The number of carbonyl (C=O) groups is 1. The van der Waals surface area contributed by atoms with Crippen molar-refractivity contribution in [2.24, 2.45) is 10.9 Å². The van der Waals surface area contributed by atoms with Crippen LogP contribution in [0.4, 0.5) is 5.82 Å². The highest BCUT2D eigenvalue weighted by Gasteiger charge is 2.44. The van der Waals surface area contributed by atoms with Gasteiger partial charge in [-0.05, 0) is 73.2 Å². The normalized spacial score (nSPS) is 23.2. The van der Waals surface area contributed by atoms with E-state index in [2.05, 4.69) is 48.0 Å². The summed E-state index contributed by atoms with van der Waals surface area (Å²) in [6.07, 6.45) is 9.62. The first-order valence-corrected chi connectivity index (χ1v) is 11.2. The number of piperidine rings is 2. The smallest absolute Gasteiger partial charge is 0.275 e. The fourth-order valence-electron chi connectivity index (χ4n) is 4.42. The molecule has 2 aromatic rings. The van der Waals surface area contributed by atoms with E-state index in [1.165, 1.54) is 4.80 Å². The Hall–Kier alpha value is -2.81. The van der Waals surface area contributed by atoms with E-state index in [0.29, 0.717) is 17.3 Å². The van der Waals surface area contributed by atoms with Gasteiger partial charge in [0.1, 0.15) is 11.5 Å². The first-order valence-electron chi connectivity index (χ1n) is 10.4. The Morgan fingerprint density at radius 2 is 2.06 bits per heavy atom. The van der Waals surface area contributed by atoms with Crippen LogP contribution in [0.15, 0.2) is 58.5 Å². The molecule has 9 heteroatoms. The van der Waals surface area contributed by atoms with Crippen LogP contribution in [0.2, 0.25) is 0 Å². The van der Waals surface area contributed by atoms with Gasteiger partial charge in [0.25, 0.3) is 5.91 Å². The summed E-state index contributed by atoms with van der Waals surface area (Å²) in [6.45, 7) is 8.35. The number of amides is 1. The SMILES string of the molecule is C=C/C(=C(\N=C(C)C)C(=O)N1CC2CCC1C(Nc1ccc(Br)cn1)C2)n1nccn1.